The van der Waals surface area contributed by atoms with Crippen molar-refractivity contribution in [2.45, 2.75) is 49.9 Å². The van der Waals surface area contributed by atoms with Gasteiger partial charge in [-0.15, -0.1) is 0 Å². The molecule has 3 aliphatic rings. The molecule has 2 bridgehead atoms. The van der Waals surface area contributed by atoms with Crippen LogP contribution in [0, 0.1) is 5.92 Å². The number of phenols is 1. The number of hydrogen-bond acceptors (Lipinski definition) is 9. The van der Waals surface area contributed by atoms with Crippen LogP contribution in [0.25, 0.3) is 10.9 Å². The fourth-order valence-corrected chi connectivity index (χ4v) is 6.76. The maximum absolute atomic E-state index is 13.6. The Kier molecular flexibility index (Phi) is 10.2. The Morgan fingerprint density at radius 3 is 2.43 bits per heavy atom. The third-order valence-electron chi connectivity index (χ3n) is 9.48. The average Bonchev–Trinajstić information content (AvgIpc) is 3.10. The van der Waals surface area contributed by atoms with E-state index >= 15 is 0 Å². The molecule has 7 rings (SSSR count). The smallest absolute Gasteiger partial charge is 0.348 e. The number of aliphatic hydroxyl groups excluding tert-OH is 1. The number of H-pyrrole nitrogens is 1. The van der Waals surface area contributed by atoms with Crippen molar-refractivity contribution in [1.29, 1.82) is 0 Å². The Morgan fingerprint density at radius 2 is 1.70 bits per heavy atom. The predicted octanol–water partition coefficient (Wildman–Crippen LogP) is 3.98. The Hall–Kier alpha value is -4.22. The number of hydrogen-bond donors (Lipinski definition) is 5. The maximum Gasteiger partial charge on any atom is 0.348 e. The van der Waals surface area contributed by atoms with Crippen LogP contribution in [-0.2, 0) is 15.1 Å². The molecule has 248 valence electrons. The Morgan fingerprint density at radius 1 is 0.957 bits per heavy atom. The molecule has 3 aromatic carbocycles. The summed E-state index contributed by atoms with van der Waals surface area (Å²) in [6.07, 6.45) is 3.66. The van der Waals surface area contributed by atoms with Crippen molar-refractivity contribution >= 4 is 16.9 Å². The standard InChI is InChI=1S/C37H43N3O7/c41-31-15-13-29(30-14-16-34(43)39-35(30)31)32(42)23-38-19-5-2-6-22-46-28-11-9-27(10-12-28)37(45,26-7-3-1-4-8-26)36(44)47-33-24-40-20-17-25(33)18-21-40/h1,3-4,7-16,25,32-33,38,41-42,45H,2,5-6,17-24H2,(H,39,43). The van der Waals surface area contributed by atoms with Crippen LogP contribution in [0.15, 0.2) is 83.7 Å². The minimum atomic E-state index is -1.93. The van der Waals surface area contributed by atoms with E-state index in [1.807, 2.05) is 6.07 Å². The number of carbonyl (C=O) groups excluding carboxylic acids is 1. The number of aromatic hydroxyl groups is 1. The van der Waals surface area contributed by atoms with Gasteiger partial charge in [0.15, 0.2) is 0 Å². The van der Waals surface area contributed by atoms with Gasteiger partial charge in [0, 0.05) is 24.5 Å². The molecule has 0 amide bonds. The van der Waals surface area contributed by atoms with E-state index in [-0.39, 0.29) is 17.4 Å². The summed E-state index contributed by atoms with van der Waals surface area (Å²) >= 11 is 0. The number of ether oxygens (including phenoxy) is 2. The summed E-state index contributed by atoms with van der Waals surface area (Å²) in [6, 6.07) is 22.1. The van der Waals surface area contributed by atoms with Crippen LogP contribution in [0.1, 0.15) is 54.9 Å². The molecule has 3 saturated heterocycles. The van der Waals surface area contributed by atoms with Crippen LogP contribution in [0.2, 0.25) is 0 Å². The van der Waals surface area contributed by atoms with E-state index in [0.29, 0.717) is 65.5 Å². The number of fused-ring (bicyclic) bond motifs is 4. The number of nitrogens with zero attached hydrogens (tertiary/aromatic N) is 1. The second-order valence-corrected chi connectivity index (χ2v) is 12.6. The van der Waals surface area contributed by atoms with Crippen molar-refractivity contribution in [3.63, 3.8) is 0 Å². The second-order valence-electron chi connectivity index (χ2n) is 12.6. The Bertz CT molecular complexity index is 1700. The maximum atomic E-state index is 13.6. The molecule has 3 unspecified atom stereocenters. The number of pyridine rings is 1. The van der Waals surface area contributed by atoms with Gasteiger partial charge in [0.05, 0.1) is 18.2 Å². The molecule has 1 aromatic heterocycles. The van der Waals surface area contributed by atoms with Crippen LogP contribution < -0.4 is 15.6 Å². The summed E-state index contributed by atoms with van der Waals surface area (Å²) in [5.74, 6) is 0.305. The van der Waals surface area contributed by atoms with E-state index in [1.165, 1.54) is 12.1 Å². The second kappa shape index (κ2) is 14.7. The lowest BCUT2D eigenvalue weighted by Crippen LogP contribution is -2.53. The number of unbranched alkanes of at least 4 members (excludes halogenated alkanes) is 2. The van der Waals surface area contributed by atoms with Crippen molar-refractivity contribution in [1.82, 2.24) is 15.2 Å². The SMILES string of the molecule is O=C(OC1CN2CCC1CC2)C(O)(c1ccccc1)c1ccc(OCCCCCNCC(O)c2ccc(O)c3[nH]c(=O)ccc23)cc1. The molecule has 0 radical (unpaired) electrons. The zero-order valence-corrected chi connectivity index (χ0v) is 26.4. The summed E-state index contributed by atoms with van der Waals surface area (Å²) in [6.45, 7) is 4.36. The highest BCUT2D eigenvalue weighted by Gasteiger charge is 2.45. The lowest BCUT2D eigenvalue weighted by molar-refractivity contribution is -0.177. The van der Waals surface area contributed by atoms with Gasteiger partial charge in [0.25, 0.3) is 0 Å². The largest absolute Gasteiger partial charge is 0.506 e. The monoisotopic (exact) mass is 641 g/mol. The topological polar surface area (TPSA) is 144 Å². The number of aromatic nitrogens is 1. The number of benzene rings is 3. The molecule has 4 heterocycles. The average molecular weight is 642 g/mol. The van der Waals surface area contributed by atoms with Gasteiger partial charge in [-0.1, -0.05) is 48.5 Å². The molecule has 0 saturated carbocycles. The number of piperidine rings is 3. The van der Waals surface area contributed by atoms with E-state index in [1.54, 1.807) is 60.7 Å². The minimum absolute atomic E-state index is 0.0342. The van der Waals surface area contributed by atoms with Crippen LogP contribution >= 0.6 is 0 Å². The highest BCUT2D eigenvalue weighted by atomic mass is 16.6. The van der Waals surface area contributed by atoms with Crippen LogP contribution in [-0.4, -0.2) is 76.6 Å². The van der Waals surface area contributed by atoms with E-state index in [4.69, 9.17) is 9.47 Å². The summed E-state index contributed by atoms with van der Waals surface area (Å²) < 4.78 is 12.0. The summed E-state index contributed by atoms with van der Waals surface area (Å²) in [7, 11) is 0. The normalized spacial score (nSPS) is 20.9. The molecule has 0 spiro atoms. The van der Waals surface area contributed by atoms with Gasteiger partial charge in [0.2, 0.25) is 11.2 Å². The molecule has 4 aromatic rings. The van der Waals surface area contributed by atoms with Crippen molar-refractivity contribution in [2.75, 3.05) is 39.3 Å². The van der Waals surface area contributed by atoms with Gasteiger partial charge in [-0.25, -0.2) is 4.79 Å². The number of aromatic amines is 1. The summed E-state index contributed by atoms with van der Waals surface area (Å²) in [5, 5.41) is 36.6. The number of rotatable bonds is 14. The predicted molar refractivity (Wildman–Crippen MR) is 178 cm³/mol. The first kappa shape index (κ1) is 32.7. The molecular formula is C37H43N3O7. The lowest BCUT2D eigenvalue weighted by Gasteiger charge is -2.44. The first-order valence-electron chi connectivity index (χ1n) is 16.5. The molecule has 10 heteroatoms. The third kappa shape index (κ3) is 7.36. The van der Waals surface area contributed by atoms with Gasteiger partial charge in [0.1, 0.15) is 17.6 Å². The van der Waals surface area contributed by atoms with Crippen LogP contribution in [0.3, 0.4) is 0 Å². The van der Waals surface area contributed by atoms with Crippen molar-refractivity contribution in [2.24, 2.45) is 5.92 Å². The van der Waals surface area contributed by atoms with Gasteiger partial charge >= 0.3 is 5.97 Å². The first-order valence-corrected chi connectivity index (χ1v) is 16.5. The zero-order chi connectivity index (χ0) is 32.8. The highest BCUT2D eigenvalue weighted by molar-refractivity contribution is 5.87. The van der Waals surface area contributed by atoms with E-state index in [2.05, 4.69) is 15.2 Å². The molecular weight excluding hydrogens is 598 g/mol. The minimum Gasteiger partial charge on any atom is -0.506 e. The molecule has 0 aliphatic carbocycles. The molecule has 3 aliphatic heterocycles. The van der Waals surface area contributed by atoms with E-state index < -0.39 is 17.7 Å². The molecule has 10 nitrogen and oxygen atoms in total. The molecule has 3 fully saturated rings. The first-order chi connectivity index (χ1) is 22.8. The van der Waals surface area contributed by atoms with Gasteiger partial charge in [-0.2, -0.15) is 0 Å². The molecule has 47 heavy (non-hydrogen) atoms. The van der Waals surface area contributed by atoms with E-state index in [9.17, 15) is 24.9 Å². The fraction of sp³-hybridized carbons (Fsp3) is 0.405. The number of aliphatic hydroxyl groups is 2. The zero-order valence-electron chi connectivity index (χ0n) is 26.4. The van der Waals surface area contributed by atoms with E-state index in [0.717, 1.165) is 45.2 Å². The number of carbonyl (C=O) groups is 1. The molecule has 3 atom stereocenters. The molecule has 5 N–H and O–H groups in total. The third-order valence-corrected chi connectivity index (χ3v) is 9.48. The summed E-state index contributed by atoms with van der Waals surface area (Å²) in [5.41, 5.74) is -0.392. The van der Waals surface area contributed by atoms with Gasteiger partial charge in [-0.05, 0) is 98.6 Å². The Balaban J connectivity index is 0.963. The number of phenolic OH excluding ortho intramolecular Hbond substituents is 1. The lowest BCUT2D eigenvalue weighted by atomic mass is 9.84. The van der Waals surface area contributed by atoms with Crippen LogP contribution in [0.5, 0.6) is 11.5 Å². The number of nitrogens with one attached hydrogen (secondary N) is 2. The Labute approximate surface area is 274 Å². The quantitative estimate of drug-likeness (QED) is 0.102. The highest BCUT2D eigenvalue weighted by Crippen LogP contribution is 2.36. The van der Waals surface area contributed by atoms with Crippen molar-refractivity contribution < 1.29 is 29.6 Å². The summed E-state index contributed by atoms with van der Waals surface area (Å²) in [4.78, 5) is 30.2. The van der Waals surface area contributed by atoms with Crippen molar-refractivity contribution in [3.05, 3.63) is 106 Å². The van der Waals surface area contributed by atoms with Crippen molar-refractivity contribution in [3.8, 4) is 11.5 Å². The van der Waals surface area contributed by atoms with Gasteiger partial charge in [-0.3, -0.25) is 9.69 Å². The fourth-order valence-electron chi connectivity index (χ4n) is 6.76. The van der Waals surface area contributed by atoms with Gasteiger partial charge < -0.3 is 35.1 Å². The number of esters is 1. The van der Waals surface area contributed by atoms with Crippen LogP contribution in [0.4, 0.5) is 0 Å².